The summed E-state index contributed by atoms with van der Waals surface area (Å²) in [6.45, 7) is 2.54. The van der Waals surface area contributed by atoms with Crippen LogP contribution in [0.2, 0.25) is 5.15 Å². The van der Waals surface area contributed by atoms with Gasteiger partial charge in [-0.05, 0) is 38.6 Å². The van der Waals surface area contributed by atoms with Gasteiger partial charge < -0.3 is 14.4 Å². The van der Waals surface area contributed by atoms with E-state index in [9.17, 15) is 9.18 Å². The summed E-state index contributed by atoms with van der Waals surface area (Å²) in [5, 5.41) is 0.855. The highest BCUT2D eigenvalue weighted by Gasteiger charge is 2.49. The first kappa shape index (κ1) is 25.8. The average molecular weight is 589 g/mol. The maximum Gasteiger partial charge on any atom is 0.319 e. The van der Waals surface area contributed by atoms with Crippen molar-refractivity contribution in [1.82, 2.24) is 19.9 Å². The van der Waals surface area contributed by atoms with Crippen LogP contribution in [0.1, 0.15) is 44.9 Å². The third kappa shape index (κ3) is 5.24. The standard InChI is InChI=1S/C24H29BrClF2N5O3/c25-7-1-5-18(34)36-16-4-2-8-32(13-16)22-17-11-29-21(26)19(28)20(17)30-23(31-22)35-14-24-6-3-9-33(24)12-15(27)10-24/h11,15-16H,1-10,12-14H2/t15-,16-,24+/m1/s1. The molecule has 3 aliphatic heterocycles. The molecule has 0 aromatic carbocycles. The highest BCUT2D eigenvalue weighted by molar-refractivity contribution is 9.09. The molecule has 0 aliphatic carbocycles. The number of carbonyl (C=O) groups is 1. The van der Waals surface area contributed by atoms with Crippen molar-refractivity contribution in [3.63, 3.8) is 0 Å². The van der Waals surface area contributed by atoms with Gasteiger partial charge in [-0.3, -0.25) is 9.69 Å². The Kier molecular flexibility index (Phi) is 7.78. The van der Waals surface area contributed by atoms with Crippen molar-refractivity contribution < 1.29 is 23.0 Å². The van der Waals surface area contributed by atoms with Gasteiger partial charge in [0, 0.05) is 37.5 Å². The maximum absolute atomic E-state index is 15.0. The number of anilines is 1. The molecule has 0 unspecified atom stereocenters. The quantitative estimate of drug-likeness (QED) is 0.254. The number of esters is 1. The third-order valence-electron chi connectivity index (χ3n) is 7.32. The Morgan fingerprint density at radius 1 is 1.28 bits per heavy atom. The molecule has 3 saturated heterocycles. The monoisotopic (exact) mass is 587 g/mol. The summed E-state index contributed by atoms with van der Waals surface area (Å²) in [4.78, 5) is 29.2. The van der Waals surface area contributed by atoms with Crippen LogP contribution in [0.3, 0.4) is 0 Å². The van der Waals surface area contributed by atoms with Crippen LogP contribution in [0.5, 0.6) is 6.01 Å². The summed E-state index contributed by atoms with van der Waals surface area (Å²) in [5.74, 6) is -0.530. The van der Waals surface area contributed by atoms with Crippen molar-refractivity contribution in [2.45, 2.75) is 62.8 Å². The van der Waals surface area contributed by atoms with E-state index in [0.717, 1.165) is 37.6 Å². The van der Waals surface area contributed by atoms with Gasteiger partial charge in [0.05, 0.1) is 17.5 Å². The molecule has 36 heavy (non-hydrogen) atoms. The van der Waals surface area contributed by atoms with Crippen LogP contribution in [-0.2, 0) is 9.53 Å². The fourth-order valence-corrected chi connectivity index (χ4v) is 6.05. The Bertz CT molecular complexity index is 1130. The number of rotatable bonds is 8. The van der Waals surface area contributed by atoms with Crippen LogP contribution >= 0.6 is 27.5 Å². The second-order valence-electron chi connectivity index (χ2n) is 9.81. The number of hydrogen-bond acceptors (Lipinski definition) is 8. The summed E-state index contributed by atoms with van der Waals surface area (Å²) in [7, 11) is 0. The van der Waals surface area contributed by atoms with E-state index in [1.165, 1.54) is 6.20 Å². The predicted molar refractivity (Wildman–Crippen MR) is 135 cm³/mol. The van der Waals surface area contributed by atoms with Gasteiger partial charge in [0.1, 0.15) is 30.2 Å². The van der Waals surface area contributed by atoms with Crippen molar-refractivity contribution in [2.24, 2.45) is 0 Å². The molecule has 3 fully saturated rings. The lowest BCUT2D eigenvalue weighted by atomic mass is 9.95. The molecular formula is C24H29BrClF2N5O3. The summed E-state index contributed by atoms with van der Waals surface area (Å²) in [6, 6.07) is 0.0126. The van der Waals surface area contributed by atoms with Gasteiger partial charge in [0.15, 0.2) is 11.0 Å². The van der Waals surface area contributed by atoms with E-state index in [1.807, 2.05) is 4.90 Å². The Morgan fingerprint density at radius 2 is 2.14 bits per heavy atom. The topological polar surface area (TPSA) is 80.7 Å². The van der Waals surface area contributed by atoms with Crippen molar-refractivity contribution >= 4 is 50.2 Å². The van der Waals surface area contributed by atoms with E-state index in [1.54, 1.807) is 0 Å². The van der Waals surface area contributed by atoms with Gasteiger partial charge in [0.25, 0.3) is 0 Å². The van der Waals surface area contributed by atoms with Crippen LogP contribution in [0.15, 0.2) is 6.20 Å². The highest BCUT2D eigenvalue weighted by Crippen LogP contribution is 2.40. The lowest BCUT2D eigenvalue weighted by Crippen LogP contribution is -2.43. The third-order valence-corrected chi connectivity index (χ3v) is 8.15. The normalized spacial score (nSPS) is 26.4. The first-order valence-electron chi connectivity index (χ1n) is 12.4. The van der Waals surface area contributed by atoms with Crippen LogP contribution < -0.4 is 9.64 Å². The number of alkyl halides is 2. The molecule has 2 aromatic rings. The minimum absolute atomic E-state index is 0.0126. The number of pyridine rings is 1. The molecule has 8 nitrogen and oxygen atoms in total. The Balaban J connectivity index is 1.40. The van der Waals surface area contributed by atoms with Gasteiger partial charge in [-0.2, -0.15) is 9.97 Å². The molecule has 0 radical (unpaired) electrons. The van der Waals surface area contributed by atoms with E-state index < -0.39 is 12.0 Å². The molecule has 5 heterocycles. The first-order chi connectivity index (χ1) is 17.4. The fourth-order valence-electron chi connectivity index (χ4n) is 5.64. The van der Waals surface area contributed by atoms with Gasteiger partial charge in [-0.25, -0.2) is 13.8 Å². The second-order valence-corrected chi connectivity index (χ2v) is 11.0. The molecular weight excluding hydrogens is 560 g/mol. The number of halogens is 4. The van der Waals surface area contributed by atoms with E-state index in [4.69, 9.17) is 21.1 Å². The molecule has 12 heteroatoms. The van der Waals surface area contributed by atoms with E-state index >= 15 is 4.39 Å². The van der Waals surface area contributed by atoms with Crippen LogP contribution in [0.25, 0.3) is 10.9 Å². The minimum Gasteiger partial charge on any atom is -0.461 e. The second kappa shape index (κ2) is 10.9. The van der Waals surface area contributed by atoms with Gasteiger partial charge in [0.2, 0.25) is 0 Å². The Labute approximate surface area is 221 Å². The van der Waals surface area contributed by atoms with Crippen molar-refractivity contribution in [1.29, 1.82) is 0 Å². The van der Waals surface area contributed by atoms with E-state index in [2.05, 4.69) is 35.8 Å². The molecule has 5 rings (SSSR count). The maximum atomic E-state index is 15.0. The van der Waals surface area contributed by atoms with E-state index in [-0.39, 0.29) is 40.9 Å². The molecule has 2 aromatic heterocycles. The molecule has 0 spiro atoms. The first-order valence-corrected chi connectivity index (χ1v) is 13.9. The van der Waals surface area contributed by atoms with Gasteiger partial charge >= 0.3 is 12.0 Å². The summed E-state index contributed by atoms with van der Waals surface area (Å²) in [6.07, 6.45) is 5.08. The molecule has 0 amide bonds. The molecule has 3 aliphatic rings. The highest BCUT2D eigenvalue weighted by atomic mass is 79.9. The SMILES string of the molecule is O=C(CCCBr)O[C@@H]1CCCN(c2nc(OC[C@@]34CCCN3C[C@H](F)C4)nc3c(F)c(Cl)ncc23)C1. The Morgan fingerprint density at radius 3 is 2.97 bits per heavy atom. The van der Waals surface area contributed by atoms with Crippen molar-refractivity contribution in [3.05, 3.63) is 17.2 Å². The van der Waals surface area contributed by atoms with Crippen molar-refractivity contribution in [3.8, 4) is 6.01 Å². The van der Waals surface area contributed by atoms with Gasteiger partial charge in [-0.1, -0.05) is 27.5 Å². The number of piperidine rings is 1. The van der Waals surface area contributed by atoms with Gasteiger partial charge in [-0.15, -0.1) is 0 Å². The summed E-state index contributed by atoms with van der Waals surface area (Å²) < 4.78 is 40.9. The average Bonchev–Trinajstić information content (AvgIpc) is 3.39. The number of aromatic nitrogens is 3. The molecule has 196 valence electrons. The van der Waals surface area contributed by atoms with Crippen LogP contribution in [0, 0.1) is 5.82 Å². The van der Waals surface area contributed by atoms with Crippen molar-refractivity contribution in [2.75, 3.05) is 43.0 Å². The number of nitrogens with zero attached hydrogens (tertiary/aromatic N) is 5. The lowest BCUT2D eigenvalue weighted by molar-refractivity contribution is -0.149. The molecule has 3 atom stereocenters. The largest absolute Gasteiger partial charge is 0.461 e. The number of ether oxygens (including phenoxy) is 2. The number of fused-ring (bicyclic) bond motifs is 2. The summed E-state index contributed by atoms with van der Waals surface area (Å²) in [5.41, 5.74) is -0.367. The fraction of sp³-hybridized carbons (Fsp3) is 0.667. The minimum atomic E-state index is -0.883. The smallest absolute Gasteiger partial charge is 0.319 e. The Hall–Kier alpha value is -1.85. The zero-order valence-corrected chi connectivity index (χ0v) is 22.2. The van der Waals surface area contributed by atoms with Crippen LogP contribution in [0.4, 0.5) is 14.6 Å². The summed E-state index contributed by atoms with van der Waals surface area (Å²) >= 11 is 9.29. The molecule has 0 bridgehead atoms. The zero-order chi connectivity index (χ0) is 25.3. The zero-order valence-electron chi connectivity index (χ0n) is 19.9. The lowest BCUT2D eigenvalue weighted by Gasteiger charge is -2.34. The molecule has 0 N–H and O–H groups in total. The van der Waals surface area contributed by atoms with Crippen LogP contribution in [-0.4, -0.2) is 81.8 Å². The predicted octanol–water partition coefficient (Wildman–Crippen LogP) is 4.46. The number of hydrogen-bond donors (Lipinski definition) is 0. The number of carbonyl (C=O) groups excluding carboxylic acids is 1. The van der Waals surface area contributed by atoms with E-state index in [0.29, 0.717) is 50.1 Å². The molecule has 0 saturated carbocycles.